The molecule has 0 aliphatic heterocycles. The standard InChI is InChI=1S/C20H24N2O4/c1-14-7-9-16(10-8-14)26-17(18(23)22-20(2,3)4)13-25-19(24)15-6-5-11-21-12-15/h5-12,17H,13H2,1-4H3,(H,22,23). The Labute approximate surface area is 153 Å². The number of amides is 1. The number of carbonyl (C=O) groups excluding carboxylic acids is 2. The van der Waals surface area contributed by atoms with E-state index in [9.17, 15) is 9.59 Å². The van der Waals surface area contributed by atoms with Gasteiger partial charge in [-0.2, -0.15) is 0 Å². The van der Waals surface area contributed by atoms with E-state index < -0.39 is 17.6 Å². The summed E-state index contributed by atoms with van der Waals surface area (Å²) in [5.41, 5.74) is 0.966. The second kappa shape index (κ2) is 8.47. The van der Waals surface area contributed by atoms with Gasteiger partial charge in [-0.1, -0.05) is 17.7 Å². The summed E-state index contributed by atoms with van der Waals surface area (Å²) in [6.07, 6.45) is 2.02. The molecule has 0 radical (unpaired) electrons. The molecule has 1 atom stereocenters. The zero-order valence-corrected chi connectivity index (χ0v) is 15.5. The van der Waals surface area contributed by atoms with E-state index in [0.29, 0.717) is 11.3 Å². The molecule has 1 N–H and O–H groups in total. The zero-order chi connectivity index (χ0) is 19.2. The quantitative estimate of drug-likeness (QED) is 0.805. The van der Waals surface area contributed by atoms with Crippen molar-refractivity contribution in [3.8, 4) is 5.75 Å². The van der Waals surface area contributed by atoms with Crippen molar-refractivity contribution in [2.75, 3.05) is 6.61 Å². The van der Waals surface area contributed by atoms with Crippen LogP contribution in [0.25, 0.3) is 0 Å². The molecule has 0 fully saturated rings. The highest BCUT2D eigenvalue weighted by atomic mass is 16.6. The molecule has 0 bridgehead atoms. The van der Waals surface area contributed by atoms with Crippen LogP contribution in [0.2, 0.25) is 0 Å². The molecule has 2 rings (SSSR count). The van der Waals surface area contributed by atoms with Gasteiger partial charge in [0.1, 0.15) is 12.4 Å². The molecule has 0 spiro atoms. The number of aryl methyl sites for hydroxylation is 1. The molecule has 2 aromatic rings. The van der Waals surface area contributed by atoms with Crippen LogP contribution in [0, 0.1) is 6.92 Å². The number of hydrogen-bond donors (Lipinski definition) is 1. The predicted octanol–water partition coefficient (Wildman–Crippen LogP) is 2.91. The minimum atomic E-state index is -0.961. The maximum Gasteiger partial charge on any atom is 0.339 e. The average molecular weight is 356 g/mol. The van der Waals surface area contributed by atoms with Crippen molar-refractivity contribution in [2.24, 2.45) is 0 Å². The van der Waals surface area contributed by atoms with Gasteiger partial charge in [-0.25, -0.2) is 4.79 Å². The maximum atomic E-state index is 12.5. The van der Waals surface area contributed by atoms with Gasteiger partial charge in [0.05, 0.1) is 5.56 Å². The second-order valence-corrected chi connectivity index (χ2v) is 7.00. The number of carbonyl (C=O) groups is 2. The Bertz CT molecular complexity index is 737. The lowest BCUT2D eigenvalue weighted by molar-refractivity contribution is -0.131. The van der Waals surface area contributed by atoms with Crippen LogP contribution >= 0.6 is 0 Å². The molecule has 1 heterocycles. The minimum absolute atomic E-state index is 0.205. The third-order valence-electron chi connectivity index (χ3n) is 3.35. The van der Waals surface area contributed by atoms with Crippen LogP contribution in [0.15, 0.2) is 48.8 Å². The van der Waals surface area contributed by atoms with Crippen LogP contribution in [0.1, 0.15) is 36.7 Å². The molecule has 26 heavy (non-hydrogen) atoms. The highest BCUT2D eigenvalue weighted by Gasteiger charge is 2.26. The van der Waals surface area contributed by atoms with Gasteiger partial charge in [0.25, 0.3) is 5.91 Å². The van der Waals surface area contributed by atoms with Crippen LogP contribution in [-0.2, 0) is 9.53 Å². The number of benzene rings is 1. The molecule has 1 aromatic heterocycles. The van der Waals surface area contributed by atoms with Gasteiger partial charge in [0.2, 0.25) is 6.10 Å². The van der Waals surface area contributed by atoms with Gasteiger partial charge < -0.3 is 14.8 Å². The molecule has 138 valence electrons. The maximum absolute atomic E-state index is 12.5. The van der Waals surface area contributed by atoms with E-state index in [-0.39, 0.29) is 12.5 Å². The Morgan fingerprint density at radius 3 is 2.42 bits per heavy atom. The summed E-state index contributed by atoms with van der Waals surface area (Å²) < 4.78 is 11.0. The summed E-state index contributed by atoms with van der Waals surface area (Å²) in [7, 11) is 0. The summed E-state index contributed by atoms with van der Waals surface area (Å²) in [4.78, 5) is 28.5. The molecule has 1 amide bonds. The lowest BCUT2D eigenvalue weighted by Gasteiger charge is -2.25. The normalized spacial score (nSPS) is 12.2. The summed E-state index contributed by atoms with van der Waals surface area (Å²) in [5, 5.41) is 2.85. The van der Waals surface area contributed by atoms with Gasteiger partial charge in [0.15, 0.2) is 0 Å². The molecule has 1 unspecified atom stereocenters. The van der Waals surface area contributed by atoms with Gasteiger partial charge in [0, 0.05) is 17.9 Å². The molecule has 6 heteroatoms. The van der Waals surface area contributed by atoms with E-state index >= 15 is 0 Å². The monoisotopic (exact) mass is 356 g/mol. The van der Waals surface area contributed by atoms with Crippen LogP contribution in [0.3, 0.4) is 0 Å². The Kier molecular flexibility index (Phi) is 6.33. The fourth-order valence-corrected chi connectivity index (χ4v) is 2.11. The number of ether oxygens (including phenoxy) is 2. The van der Waals surface area contributed by atoms with E-state index in [0.717, 1.165) is 5.56 Å². The number of nitrogens with zero attached hydrogens (tertiary/aromatic N) is 1. The number of rotatable bonds is 6. The summed E-state index contributed by atoms with van der Waals surface area (Å²) in [5.74, 6) is -0.377. The SMILES string of the molecule is Cc1ccc(OC(COC(=O)c2cccnc2)C(=O)NC(C)(C)C)cc1. The molecule has 0 saturated heterocycles. The van der Waals surface area contributed by atoms with Crippen molar-refractivity contribution in [1.82, 2.24) is 10.3 Å². The van der Waals surface area contributed by atoms with E-state index in [1.54, 1.807) is 30.5 Å². The molecule has 6 nitrogen and oxygen atoms in total. The van der Waals surface area contributed by atoms with E-state index in [1.807, 2.05) is 39.8 Å². The predicted molar refractivity (Wildman–Crippen MR) is 98.0 cm³/mol. The molecule has 1 aromatic carbocycles. The van der Waals surface area contributed by atoms with Gasteiger partial charge in [-0.15, -0.1) is 0 Å². The van der Waals surface area contributed by atoms with Crippen molar-refractivity contribution in [1.29, 1.82) is 0 Å². The summed E-state index contributed by atoms with van der Waals surface area (Å²) in [6.45, 7) is 7.37. The fourth-order valence-electron chi connectivity index (χ4n) is 2.11. The minimum Gasteiger partial charge on any atom is -0.477 e. The topological polar surface area (TPSA) is 77.5 Å². The van der Waals surface area contributed by atoms with Gasteiger partial charge in [-0.05, 0) is 52.0 Å². The van der Waals surface area contributed by atoms with Gasteiger partial charge >= 0.3 is 5.97 Å². The first-order valence-electron chi connectivity index (χ1n) is 8.37. The van der Waals surface area contributed by atoms with Crippen LogP contribution in [-0.4, -0.2) is 35.1 Å². The van der Waals surface area contributed by atoms with Crippen molar-refractivity contribution in [2.45, 2.75) is 39.3 Å². The van der Waals surface area contributed by atoms with E-state index in [1.165, 1.54) is 6.20 Å². The Hall–Kier alpha value is -2.89. The lowest BCUT2D eigenvalue weighted by Crippen LogP contribution is -2.49. The van der Waals surface area contributed by atoms with Crippen molar-refractivity contribution in [3.05, 3.63) is 59.9 Å². The highest BCUT2D eigenvalue weighted by molar-refractivity contribution is 5.89. The third kappa shape index (κ3) is 6.20. The first-order chi connectivity index (χ1) is 12.2. The van der Waals surface area contributed by atoms with Crippen LogP contribution in [0.4, 0.5) is 0 Å². The zero-order valence-electron chi connectivity index (χ0n) is 15.5. The van der Waals surface area contributed by atoms with E-state index in [2.05, 4.69) is 10.3 Å². The number of aromatic nitrogens is 1. The number of hydrogen-bond acceptors (Lipinski definition) is 5. The first kappa shape index (κ1) is 19.4. The molecule has 0 aliphatic carbocycles. The molecular weight excluding hydrogens is 332 g/mol. The Balaban J connectivity index is 2.08. The second-order valence-electron chi connectivity index (χ2n) is 7.00. The first-order valence-corrected chi connectivity index (χ1v) is 8.37. The summed E-state index contributed by atoms with van der Waals surface area (Å²) >= 11 is 0. The van der Waals surface area contributed by atoms with Crippen molar-refractivity contribution in [3.63, 3.8) is 0 Å². The Morgan fingerprint density at radius 1 is 1.15 bits per heavy atom. The average Bonchev–Trinajstić information content (AvgIpc) is 2.59. The molecule has 0 saturated carbocycles. The van der Waals surface area contributed by atoms with E-state index in [4.69, 9.17) is 9.47 Å². The smallest absolute Gasteiger partial charge is 0.339 e. The number of nitrogens with one attached hydrogen (secondary N) is 1. The van der Waals surface area contributed by atoms with Crippen LogP contribution < -0.4 is 10.1 Å². The molecule has 0 aliphatic rings. The van der Waals surface area contributed by atoms with Crippen molar-refractivity contribution < 1.29 is 19.1 Å². The Morgan fingerprint density at radius 2 is 1.85 bits per heavy atom. The highest BCUT2D eigenvalue weighted by Crippen LogP contribution is 2.15. The number of pyridine rings is 1. The summed E-state index contributed by atoms with van der Waals surface area (Å²) in [6, 6.07) is 10.6. The number of esters is 1. The van der Waals surface area contributed by atoms with Gasteiger partial charge in [-0.3, -0.25) is 9.78 Å². The van der Waals surface area contributed by atoms with Crippen LogP contribution in [0.5, 0.6) is 5.75 Å². The molecular formula is C20H24N2O4. The van der Waals surface area contributed by atoms with Crippen molar-refractivity contribution >= 4 is 11.9 Å². The third-order valence-corrected chi connectivity index (χ3v) is 3.35. The largest absolute Gasteiger partial charge is 0.477 e. The lowest BCUT2D eigenvalue weighted by atomic mass is 10.1. The fraction of sp³-hybridized carbons (Fsp3) is 0.350.